The molecule has 0 bridgehead atoms. The summed E-state index contributed by atoms with van der Waals surface area (Å²) in [6.45, 7) is 2.14. The van der Waals surface area contributed by atoms with Crippen LogP contribution < -0.4 is 0 Å². The maximum atomic E-state index is 12.8. The number of carboxylic acid groups (broad SMARTS) is 1. The van der Waals surface area contributed by atoms with Crippen molar-refractivity contribution in [2.24, 2.45) is 5.92 Å². The summed E-state index contributed by atoms with van der Waals surface area (Å²) < 4.78 is 14.3. The van der Waals surface area contributed by atoms with Crippen LogP contribution in [0.3, 0.4) is 0 Å². The highest BCUT2D eigenvalue weighted by Crippen LogP contribution is 2.15. The van der Waals surface area contributed by atoms with E-state index in [0.29, 0.717) is 18.1 Å². The molecule has 2 aromatic heterocycles. The van der Waals surface area contributed by atoms with E-state index in [1.54, 1.807) is 6.92 Å². The monoisotopic (exact) mass is 265 g/mol. The number of tetrazole rings is 1. The quantitative estimate of drug-likeness (QED) is 0.866. The van der Waals surface area contributed by atoms with Gasteiger partial charge in [-0.05, 0) is 28.5 Å². The molecule has 8 heteroatoms. The van der Waals surface area contributed by atoms with Gasteiger partial charge in [0.2, 0.25) is 5.82 Å². The zero-order valence-electron chi connectivity index (χ0n) is 10.2. The number of hydrogen-bond acceptors (Lipinski definition) is 5. The molecule has 0 aromatic carbocycles. The summed E-state index contributed by atoms with van der Waals surface area (Å²) in [5, 5.41) is 19.9. The molecule has 0 aliphatic rings. The summed E-state index contributed by atoms with van der Waals surface area (Å²) in [7, 11) is 0. The maximum absolute atomic E-state index is 12.8. The molecule has 0 amide bonds. The Morgan fingerprint density at radius 2 is 2.32 bits per heavy atom. The lowest BCUT2D eigenvalue weighted by Gasteiger charge is -2.09. The molecule has 2 rings (SSSR count). The second-order valence-corrected chi connectivity index (χ2v) is 4.25. The van der Waals surface area contributed by atoms with Gasteiger partial charge in [0.1, 0.15) is 11.5 Å². The highest BCUT2D eigenvalue weighted by atomic mass is 19.1. The highest BCUT2D eigenvalue weighted by molar-refractivity contribution is 5.66. The predicted molar refractivity (Wildman–Crippen MR) is 62.4 cm³/mol. The third-order valence-electron chi connectivity index (χ3n) is 2.50. The van der Waals surface area contributed by atoms with Crippen molar-refractivity contribution in [3.63, 3.8) is 0 Å². The molecule has 1 N–H and O–H groups in total. The first kappa shape index (κ1) is 13.1. The first-order valence-electron chi connectivity index (χ1n) is 5.66. The van der Waals surface area contributed by atoms with Crippen molar-refractivity contribution in [1.82, 2.24) is 25.2 Å². The van der Waals surface area contributed by atoms with Crippen molar-refractivity contribution in [2.45, 2.75) is 19.9 Å². The van der Waals surface area contributed by atoms with E-state index in [1.165, 1.54) is 16.8 Å². The Kier molecular flexibility index (Phi) is 3.79. The number of nitrogens with zero attached hydrogens (tertiary/aromatic N) is 5. The van der Waals surface area contributed by atoms with Crippen molar-refractivity contribution in [2.75, 3.05) is 0 Å². The van der Waals surface area contributed by atoms with Gasteiger partial charge in [0.15, 0.2) is 0 Å². The van der Waals surface area contributed by atoms with Crippen LogP contribution in [0.5, 0.6) is 0 Å². The highest BCUT2D eigenvalue weighted by Gasteiger charge is 2.15. The topological polar surface area (TPSA) is 93.8 Å². The fourth-order valence-corrected chi connectivity index (χ4v) is 1.68. The molecule has 19 heavy (non-hydrogen) atoms. The van der Waals surface area contributed by atoms with Crippen molar-refractivity contribution in [1.29, 1.82) is 0 Å². The molecule has 2 heterocycles. The maximum Gasteiger partial charge on any atom is 0.303 e. The minimum Gasteiger partial charge on any atom is -0.481 e. The van der Waals surface area contributed by atoms with Crippen LogP contribution in [-0.4, -0.2) is 36.3 Å². The Bertz CT molecular complexity index is 569. The summed E-state index contributed by atoms with van der Waals surface area (Å²) in [6, 6.07) is 2.74. The van der Waals surface area contributed by atoms with Gasteiger partial charge in [-0.25, -0.2) is 14.1 Å². The van der Waals surface area contributed by atoms with Crippen molar-refractivity contribution < 1.29 is 14.3 Å². The molecule has 0 aliphatic carbocycles. The molecular weight excluding hydrogens is 253 g/mol. The van der Waals surface area contributed by atoms with E-state index in [2.05, 4.69) is 20.5 Å². The zero-order valence-corrected chi connectivity index (χ0v) is 10.2. The average Bonchev–Trinajstić information content (AvgIpc) is 2.77. The third kappa shape index (κ3) is 3.30. The Balaban J connectivity index is 2.18. The lowest BCUT2D eigenvalue weighted by molar-refractivity contribution is -0.138. The normalized spacial score (nSPS) is 12.3. The average molecular weight is 265 g/mol. The number of rotatable bonds is 5. The molecule has 7 nitrogen and oxygen atoms in total. The van der Waals surface area contributed by atoms with Crippen molar-refractivity contribution in [3.8, 4) is 11.5 Å². The minimum absolute atomic E-state index is 0.0240. The van der Waals surface area contributed by atoms with E-state index in [4.69, 9.17) is 5.11 Å². The number of hydrogen-bond donors (Lipinski definition) is 1. The minimum atomic E-state index is -0.873. The van der Waals surface area contributed by atoms with Crippen molar-refractivity contribution >= 4 is 5.97 Å². The molecule has 2 aromatic rings. The Morgan fingerprint density at radius 1 is 1.53 bits per heavy atom. The van der Waals surface area contributed by atoms with Gasteiger partial charge in [0.25, 0.3) is 0 Å². The molecular formula is C11H12FN5O2. The van der Waals surface area contributed by atoms with Crippen LogP contribution in [0.15, 0.2) is 18.3 Å². The molecule has 0 saturated carbocycles. The van der Waals surface area contributed by atoms with Gasteiger partial charge in [-0.3, -0.25) is 4.79 Å². The number of carbonyl (C=O) groups is 1. The fraction of sp³-hybridized carbons (Fsp3) is 0.364. The molecule has 0 spiro atoms. The third-order valence-corrected chi connectivity index (χ3v) is 2.50. The molecule has 1 atom stereocenters. The zero-order chi connectivity index (χ0) is 13.8. The summed E-state index contributed by atoms with van der Waals surface area (Å²) >= 11 is 0. The van der Waals surface area contributed by atoms with Gasteiger partial charge in [-0.15, -0.1) is 5.10 Å². The van der Waals surface area contributed by atoms with Crippen LogP contribution in [-0.2, 0) is 11.3 Å². The van der Waals surface area contributed by atoms with Gasteiger partial charge in [-0.2, -0.15) is 0 Å². The van der Waals surface area contributed by atoms with Gasteiger partial charge < -0.3 is 5.11 Å². The van der Waals surface area contributed by atoms with Gasteiger partial charge in [0.05, 0.1) is 6.20 Å². The van der Waals surface area contributed by atoms with E-state index in [0.717, 1.165) is 6.20 Å². The second-order valence-electron chi connectivity index (χ2n) is 4.25. The van der Waals surface area contributed by atoms with Crippen LogP contribution in [0.1, 0.15) is 13.3 Å². The van der Waals surface area contributed by atoms with Crippen molar-refractivity contribution in [3.05, 3.63) is 24.1 Å². The number of aliphatic carboxylic acids is 1. The molecule has 1 unspecified atom stereocenters. The Hall–Kier alpha value is -2.38. The molecule has 0 radical (unpaired) electrons. The van der Waals surface area contributed by atoms with Crippen LogP contribution in [0, 0.1) is 11.7 Å². The number of halogens is 1. The van der Waals surface area contributed by atoms with Crippen LogP contribution in [0.2, 0.25) is 0 Å². The smallest absolute Gasteiger partial charge is 0.303 e. The first-order chi connectivity index (χ1) is 9.06. The molecule has 0 aliphatic heterocycles. The summed E-state index contributed by atoms with van der Waals surface area (Å²) in [6.07, 6.45) is 1.10. The van der Waals surface area contributed by atoms with E-state index in [1.807, 2.05) is 0 Å². The van der Waals surface area contributed by atoms with E-state index in [9.17, 15) is 9.18 Å². The van der Waals surface area contributed by atoms with Gasteiger partial charge in [0, 0.05) is 13.0 Å². The van der Waals surface area contributed by atoms with Crippen LogP contribution in [0.25, 0.3) is 11.5 Å². The van der Waals surface area contributed by atoms with E-state index >= 15 is 0 Å². The van der Waals surface area contributed by atoms with Crippen LogP contribution >= 0.6 is 0 Å². The summed E-state index contributed by atoms with van der Waals surface area (Å²) in [5.41, 5.74) is 0.439. The summed E-state index contributed by atoms with van der Waals surface area (Å²) in [5.74, 6) is -1.05. The summed E-state index contributed by atoms with van der Waals surface area (Å²) in [4.78, 5) is 14.5. The van der Waals surface area contributed by atoms with E-state index in [-0.39, 0.29) is 12.3 Å². The number of carboxylic acids is 1. The number of pyridine rings is 1. The lowest BCUT2D eigenvalue weighted by atomic mass is 10.1. The molecule has 0 fully saturated rings. The largest absolute Gasteiger partial charge is 0.481 e. The second kappa shape index (κ2) is 5.51. The number of aromatic nitrogens is 5. The Morgan fingerprint density at radius 3 is 2.95 bits per heavy atom. The van der Waals surface area contributed by atoms with Crippen LogP contribution in [0.4, 0.5) is 4.39 Å². The van der Waals surface area contributed by atoms with E-state index < -0.39 is 11.8 Å². The van der Waals surface area contributed by atoms with Gasteiger partial charge in [-0.1, -0.05) is 6.92 Å². The first-order valence-corrected chi connectivity index (χ1v) is 5.66. The molecule has 0 saturated heterocycles. The lowest BCUT2D eigenvalue weighted by Crippen LogP contribution is -2.14. The predicted octanol–water partition coefficient (Wildman–Crippen LogP) is 0.985. The molecule has 100 valence electrons. The standard InChI is InChI=1S/C11H12FN5O2/c1-7(4-10(18)19)6-17-11(14-15-16-17)9-3-2-8(12)5-13-9/h2-3,5,7H,4,6H2,1H3,(H,18,19). The Labute approximate surface area is 108 Å². The SMILES string of the molecule is CC(CC(=O)O)Cn1nnnc1-c1ccc(F)cn1. The fourth-order valence-electron chi connectivity index (χ4n) is 1.68. The van der Waals surface area contributed by atoms with Gasteiger partial charge >= 0.3 is 5.97 Å².